The van der Waals surface area contributed by atoms with Gasteiger partial charge in [-0.25, -0.2) is 0 Å². The van der Waals surface area contributed by atoms with Gasteiger partial charge in [0.05, 0.1) is 9.50 Å². The number of rotatable bonds is 6. The van der Waals surface area contributed by atoms with Gasteiger partial charge >= 0.3 is 0 Å². The van der Waals surface area contributed by atoms with E-state index in [9.17, 15) is 4.79 Å². The van der Waals surface area contributed by atoms with Crippen molar-refractivity contribution in [3.63, 3.8) is 0 Å². The van der Waals surface area contributed by atoms with Gasteiger partial charge in [-0.05, 0) is 70.9 Å². The van der Waals surface area contributed by atoms with E-state index in [1.807, 2.05) is 19.1 Å². The second-order valence-corrected chi connectivity index (χ2v) is 8.17. The first-order valence-corrected chi connectivity index (χ1v) is 10.2. The summed E-state index contributed by atoms with van der Waals surface area (Å²) in [5.41, 5.74) is 2.08. The van der Waals surface area contributed by atoms with Crippen LogP contribution >= 0.6 is 43.5 Å². The van der Waals surface area contributed by atoms with Gasteiger partial charge in [0.2, 0.25) is 0 Å². The molecule has 3 rings (SSSR count). The quantitative estimate of drug-likeness (QED) is 0.414. The highest BCUT2D eigenvalue weighted by Gasteiger charge is 2.13. The summed E-state index contributed by atoms with van der Waals surface area (Å²) in [4.78, 5) is 12.3. The Kier molecular flexibility index (Phi) is 6.82. The largest absolute Gasteiger partial charge is 0.482 e. The lowest BCUT2D eigenvalue weighted by Crippen LogP contribution is -2.20. The first kappa shape index (κ1) is 20.9. The van der Waals surface area contributed by atoms with Crippen molar-refractivity contribution in [3.05, 3.63) is 67.8 Å². The maximum Gasteiger partial charge on any atom is 0.262 e. The Morgan fingerprint density at radius 3 is 2.68 bits per heavy atom. The number of aryl methyl sites for hydroxylation is 1. The van der Waals surface area contributed by atoms with Crippen LogP contribution in [0.25, 0.3) is 11.3 Å². The van der Waals surface area contributed by atoms with Crippen LogP contribution in [0.3, 0.4) is 0 Å². The van der Waals surface area contributed by atoms with E-state index in [1.54, 1.807) is 30.3 Å². The van der Waals surface area contributed by atoms with Gasteiger partial charge in [0.1, 0.15) is 23.9 Å². The molecule has 0 saturated carbocycles. The Bertz CT molecular complexity index is 996. The summed E-state index contributed by atoms with van der Waals surface area (Å²) in [6.07, 6.45) is 0. The number of furan rings is 1. The Balaban J connectivity index is 1.70. The summed E-state index contributed by atoms with van der Waals surface area (Å²) in [6.45, 7) is 1.56. The third kappa shape index (κ3) is 4.97. The Morgan fingerprint density at radius 2 is 2.00 bits per heavy atom. The molecule has 0 spiro atoms. The molecule has 0 radical (unpaired) electrons. The van der Waals surface area contributed by atoms with Crippen LogP contribution in [0.5, 0.6) is 5.75 Å². The third-order valence-electron chi connectivity index (χ3n) is 3.87. The average Bonchev–Trinajstić information content (AvgIpc) is 3.11. The molecule has 28 heavy (non-hydrogen) atoms. The van der Waals surface area contributed by atoms with Gasteiger partial charge in [0.25, 0.3) is 5.91 Å². The fourth-order valence-corrected chi connectivity index (χ4v) is 4.37. The van der Waals surface area contributed by atoms with Gasteiger partial charge in [-0.15, -0.1) is 0 Å². The number of carbonyl (C=O) groups is 1. The van der Waals surface area contributed by atoms with Gasteiger partial charge in [0, 0.05) is 15.7 Å². The van der Waals surface area contributed by atoms with Crippen molar-refractivity contribution >= 4 is 55.1 Å². The van der Waals surface area contributed by atoms with Crippen LogP contribution in [0.1, 0.15) is 11.3 Å². The van der Waals surface area contributed by atoms with E-state index in [4.69, 9.17) is 25.9 Å². The molecule has 0 saturated heterocycles. The lowest BCUT2D eigenvalue weighted by Gasteiger charge is -2.12. The van der Waals surface area contributed by atoms with Crippen molar-refractivity contribution in [1.29, 1.82) is 0 Å². The smallest absolute Gasteiger partial charge is 0.262 e. The summed E-state index contributed by atoms with van der Waals surface area (Å²) in [7, 11) is 0. The Morgan fingerprint density at radius 1 is 1.21 bits per heavy atom. The molecule has 0 aliphatic carbocycles. The molecule has 0 aliphatic rings. The molecule has 1 heterocycles. The predicted octanol–water partition coefficient (Wildman–Crippen LogP) is 5.94. The molecular weight excluding hydrogens is 513 g/mol. The van der Waals surface area contributed by atoms with Crippen LogP contribution < -0.4 is 10.1 Å². The first-order valence-electron chi connectivity index (χ1n) is 8.25. The monoisotopic (exact) mass is 527 g/mol. The Labute approximate surface area is 183 Å². The second-order valence-electron chi connectivity index (χ2n) is 5.99. The minimum absolute atomic E-state index is 0.144. The molecule has 146 valence electrons. The number of benzene rings is 2. The van der Waals surface area contributed by atoms with E-state index in [0.717, 1.165) is 14.5 Å². The molecule has 3 aromatic rings. The third-order valence-corrected chi connectivity index (χ3v) is 5.25. The molecule has 5 nitrogen and oxygen atoms in total. The van der Waals surface area contributed by atoms with Crippen molar-refractivity contribution in [2.45, 2.75) is 13.5 Å². The van der Waals surface area contributed by atoms with Crippen LogP contribution in [-0.2, 0) is 11.4 Å². The zero-order valence-corrected chi connectivity index (χ0v) is 18.7. The van der Waals surface area contributed by atoms with E-state index in [1.165, 1.54) is 0 Å². The van der Waals surface area contributed by atoms with Gasteiger partial charge < -0.3 is 19.6 Å². The fourth-order valence-electron chi connectivity index (χ4n) is 2.61. The second kappa shape index (κ2) is 9.13. The van der Waals surface area contributed by atoms with E-state index in [0.29, 0.717) is 33.5 Å². The molecule has 1 aromatic heterocycles. The highest BCUT2D eigenvalue weighted by atomic mass is 79.9. The van der Waals surface area contributed by atoms with E-state index in [2.05, 4.69) is 37.2 Å². The molecule has 8 heteroatoms. The van der Waals surface area contributed by atoms with Gasteiger partial charge in [0.15, 0.2) is 6.61 Å². The molecular formula is C20H16Br2ClNO4. The maximum atomic E-state index is 12.3. The molecule has 1 amide bonds. The van der Waals surface area contributed by atoms with Crippen LogP contribution in [0.2, 0.25) is 5.02 Å². The van der Waals surface area contributed by atoms with E-state index >= 15 is 0 Å². The number of aliphatic hydroxyl groups is 1. The number of aliphatic hydroxyl groups excluding tert-OH is 1. The summed E-state index contributed by atoms with van der Waals surface area (Å²) >= 11 is 13.1. The van der Waals surface area contributed by atoms with Crippen LogP contribution in [-0.4, -0.2) is 17.6 Å². The summed E-state index contributed by atoms with van der Waals surface area (Å²) < 4.78 is 12.9. The maximum absolute atomic E-state index is 12.3. The van der Waals surface area contributed by atoms with Crippen molar-refractivity contribution in [1.82, 2.24) is 0 Å². The van der Waals surface area contributed by atoms with E-state index < -0.39 is 0 Å². The number of carbonyl (C=O) groups excluding carboxylic acids is 1. The van der Waals surface area contributed by atoms with Crippen LogP contribution in [0, 0.1) is 6.92 Å². The minimum Gasteiger partial charge on any atom is -0.482 e. The molecule has 0 unspecified atom stereocenters. The number of nitrogens with one attached hydrogen (secondary N) is 1. The number of ether oxygens (including phenoxy) is 1. The highest BCUT2D eigenvalue weighted by Crippen LogP contribution is 2.33. The normalized spacial score (nSPS) is 10.8. The van der Waals surface area contributed by atoms with Gasteiger partial charge in [-0.3, -0.25) is 4.79 Å². The predicted molar refractivity (Wildman–Crippen MR) is 116 cm³/mol. The summed E-state index contributed by atoms with van der Waals surface area (Å²) in [5.74, 6) is 1.25. The number of hydrogen-bond acceptors (Lipinski definition) is 4. The van der Waals surface area contributed by atoms with Crippen LogP contribution in [0.4, 0.5) is 5.69 Å². The standard InChI is InChI=1S/C20H16Br2ClNO4/c1-11-6-12(21)7-16(22)20(11)27-10-19(26)24-13-2-4-17(23)15(8-13)18-5-3-14(9-25)28-18/h2-8,25H,9-10H2,1H3,(H,24,26). The molecule has 0 atom stereocenters. The molecule has 0 aliphatic heterocycles. The SMILES string of the molecule is Cc1cc(Br)cc(Br)c1OCC(=O)Nc1ccc(Cl)c(-c2ccc(CO)o2)c1. The van der Waals surface area contributed by atoms with Crippen LogP contribution in [0.15, 0.2) is 55.8 Å². The molecule has 2 aromatic carbocycles. The van der Waals surface area contributed by atoms with Crippen molar-refractivity contribution < 1.29 is 19.1 Å². The molecule has 2 N–H and O–H groups in total. The van der Waals surface area contributed by atoms with E-state index in [-0.39, 0.29) is 19.1 Å². The van der Waals surface area contributed by atoms with Crippen molar-refractivity contribution in [2.24, 2.45) is 0 Å². The number of halogens is 3. The first-order chi connectivity index (χ1) is 13.4. The Hall–Kier alpha value is -1.80. The van der Waals surface area contributed by atoms with Gasteiger partial charge in [-0.1, -0.05) is 27.5 Å². The van der Waals surface area contributed by atoms with Crippen molar-refractivity contribution in [2.75, 3.05) is 11.9 Å². The summed E-state index contributed by atoms with van der Waals surface area (Å²) in [6, 6.07) is 12.2. The number of amides is 1. The topological polar surface area (TPSA) is 71.7 Å². The zero-order chi connectivity index (χ0) is 20.3. The fraction of sp³-hybridized carbons (Fsp3) is 0.150. The zero-order valence-electron chi connectivity index (χ0n) is 14.8. The highest BCUT2D eigenvalue weighted by molar-refractivity contribution is 9.11. The molecule has 0 bridgehead atoms. The number of anilines is 1. The summed E-state index contributed by atoms with van der Waals surface area (Å²) in [5, 5.41) is 12.4. The number of hydrogen-bond donors (Lipinski definition) is 2. The van der Waals surface area contributed by atoms with Gasteiger partial charge in [-0.2, -0.15) is 0 Å². The lowest BCUT2D eigenvalue weighted by molar-refractivity contribution is -0.118. The average molecular weight is 530 g/mol. The van der Waals surface area contributed by atoms with Crippen molar-refractivity contribution in [3.8, 4) is 17.1 Å². The minimum atomic E-state index is -0.307. The lowest BCUT2D eigenvalue weighted by atomic mass is 10.1. The molecule has 0 fully saturated rings.